The van der Waals surface area contributed by atoms with Crippen molar-refractivity contribution in [3.8, 4) is 0 Å². The highest BCUT2D eigenvalue weighted by Gasteiger charge is 2.39. The molecule has 0 radical (unpaired) electrons. The molecule has 1 unspecified atom stereocenters. The third-order valence-electron chi connectivity index (χ3n) is 3.07. The maximum Gasteiger partial charge on any atom is 0.248 e. The van der Waals surface area contributed by atoms with Crippen molar-refractivity contribution < 1.29 is 9.59 Å². The summed E-state index contributed by atoms with van der Waals surface area (Å²) in [6.07, 6.45) is 2.10. The first-order valence-corrected chi connectivity index (χ1v) is 6.77. The molecule has 1 fully saturated rings. The molecule has 0 aromatic carbocycles. The van der Waals surface area contributed by atoms with E-state index in [-0.39, 0.29) is 17.9 Å². The Morgan fingerprint density at radius 1 is 1.56 bits per heavy atom. The van der Waals surface area contributed by atoms with Crippen LogP contribution in [0.5, 0.6) is 0 Å². The van der Waals surface area contributed by atoms with Crippen LogP contribution in [0, 0.1) is 0 Å². The zero-order valence-electron chi connectivity index (χ0n) is 10.8. The molecule has 1 aromatic heterocycles. The standard InChI is InChI=1S/C12H17N3O2S/c1-8-4-10(16)14-12(2,3)11(17)15(8)6-9-5-13-7-18-9/h5,7-8H,4,6H2,1-3H3,(H,14,16). The quantitative estimate of drug-likeness (QED) is 0.874. The lowest BCUT2D eigenvalue weighted by atomic mass is 10.0. The summed E-state index contributed by atoms with van der Waals surface area (Å²) >= 11 is 1.52. The minimum Gasteiger partial charge on any atom is -0.342 e. The van der Waals surface area contributed by atoms with Crippen LogP contribution < -0.4 is 5.32 Å². The van der Waals surface area contributed by atoms with Crippen molar-refractivity contribution in [1.82, 2.24) is 15.2 Å². The second-order valence-corrected chi connectivity index (χ2v) is 6.10. The topological polar surface area (TPSA) is 62.3 Å². The number of nitrogens with one attached hydrogen (secondary N) is 1. The number of carbonyl (C=O) groups excluding carboxylic acids is 2. The van der Waals surface area contributed by atoms with Crippen molar-refractivity contribution in [1.29, 1.82) is 0 Å². The summed E-state index contributed by atoms with van der Waals surface area (Å²) in [5, 5.41) is 2.77. The fourth-order valence-electron chi connectivity index (χ4n) is 2.11. The monoisotopic (exact) mass is 267 g/mol. The van der Waals surface area contributed by atoms with Gasteiger partial charge < -0.3 is 10.2 Å². The molecule has 0 saturated carbocycles. The van der Waals surface area contributed by atoms with Crippen molar-refractivity contribution in [3.05, 3.63) is 16.6 Å². The predicted octanol–water partition coefficient (Wildman–Crippen LogP) is 1.16. The molecule has 1 aliphatic heterocycles. The van der Waals surface area contributed by atoms with Crippen LogP contribution in [-0.4, -0.2) is 33.3 Å². The van der Waals surface area contributed by atoms with Gasteiger partial charge in [0.2, 0.25) is 11.8 Å². The zero-order chi connectivity index (χ0) is 13.3. The predicted molar refractivity (Wildman–Crippen MR) is 69.0 cm³/mol. The number of amides is 2. The van der Waals surface area contributed by atoms with Gasteiger partial charge in [-0.1, -0.05) is 0 Å². The van der Waals surface area contributed by atoms with Crippen molar-refractivity contribution in [2.75, 3.05) is 0 Å². The van der Waals surface area contributed by atoms with Crippen LogP contribution in [0.15, 0.2) is 11.7 Å². The lowest BCUT2D eigenvalue weighted by molar-refractivity contribution is -0.139. The Morgan fingerprint density at radius 2 is 2.28 bits per heavy atom. The van der Waals surface area contributed by atoms with Crippen LogP contribution in [0.25, 0.3) is 0 Å². The van der Waals surface area contributed by atoms with Gasteiger partial charge >= 0.3 is 0 Å². The van der Waals surface area contributed by atoms with Crippen LogP contribution in [0.3, 0.4) is 0 Å². The third-order valence-corrected chi connectivity index (χ3v) is 3.83. The third kappa shape index (κ3) is 2.53. The highest BCUT2D eigenvalue weighted by Crippen LogP contribution is 2.21. The zero-order valence-corrected chi connectivity index (χ0v) is 11.6. The summed E-state index contributed by atoms with van der Waals surface area (Å²) in [5.41, 5.74) is 0.906. The maximum absolute atomic E-state index is 12.4. The molecule has 2 amide bonds. The lowest BCUT2D eigenvalue weighted by Gasteiger charge is -2.31. The van der Waals surface area contributed by atoms with Gasteiger partial charge in [-0.2, -0.15) is 0 Å². The fourth-order valence-corrected chi connectivity index (χ4v) is 2.70. The molecule has 0 aliphatic carbocycles. The maximum atomic E-state index is 12.4. The molecule has 18 heavy (non-hydrogen) atoms. The van der Waals surface area contributed by atoms with Crippen LogP contribution >= 0.6 is 11.3 Å². The summed E-state index contributed by atoms with van der Waals surface area (Å²) in [4.78, 5) is 30.9. The molecular formula is C12H17N3O2S. The normalized spacial score (nSPS) is 23.7. The summed E-state index contributed by atoms with van der Waals surface area (Å²) in [5.74, 6) is -0.123. The molecule has 6 heteroatoms. The highest BCUT2D eigenvalue weighted by molar-refractivity contribution is 7.09. The molecular weight excluding hydrogens is 250 g/mol. The number of hydrogen-bond donors (Lipinski definition) is 1. The first-order chi connectivity index (χ1) is 8.40. The van der Waals surface area contributed by atoms with E-state index in [4.69, 9.17) is 0 Å². The average molecular weight is 267 g/mol. The Balaban J connectivity index is 2.25. The lowest BCUT2D eigenvalue weighted by Crippen LogP contribution is -2.53. The molecule has 2 heterocycles. The molecule has 1 saturated heterocycles. The van der Waals surface area contributed by atoms with E-state index in [1.807, 2.05) is 6.92 Å². The van der Waals surface area contributed by atoms with Gasteiger partial charge in [0.05, 0.1) is 12.1 Å². The SMILES string of the molecule is CC1CC(=O)NC(C)(C)C(=O)N1Cc1cncs1. The van der Waals surface area contributed by atoms with Gasteiger partial charge in [-0.3, -0.25) is 14.6 Å². The van der Waals surface area contributed by atoms with Gasteiger partial charge in [0.1, 0.15) is 5.54 Å². The van der Waals surface area contributed by atoms with Gasteiger partial charge in [0.25, 0.3) is 0 Å². The van der Waals surface area contributed by atoms with Crippen molar-refractivity contribution >= 4 is 23.2 Å². The molecule has 98 valence electrons. The number of carbonyl (C=O) groups is 2. The first-order valence-electron chi connectivity index (χ1n) is 5.89. The largest absolute Gasteiger partial charge is 0.342 e. The number of aromatic nitrogens is 1. The molecule has 1 aromatic rings. The van der Waals surface area contributed by atoms with Crippen LogP contribution in [0.2, 0.25) is 0 Å². The fraction of sp³-hybridized carbons (Fsp3) is 0.583. The van der Waals surface area contributed by atoms with Crippen LogP contribution in [-0.2, 0) is 16.1 Å². The van der Waals surface area contributed by atoms with Gasteiger partial charge in [-0.25, -0.2) is 0 Å². The van der Waals surface area contributed by atoms with Crippen molar-refractivity contribution in [3.63, 3.8) is 0 Å². The van der Waals surface area contributed by atoms with E-state index >= 15 is 0 Å². The number of nitrogens with zero attached hydrogens (tertiary/aromatic N) is 2. The van der Waals surface area contributed by atoms with E-state index in [1.54, 1.807) is 30.5 Å². The minimum absolute atomic E-state index is 0.0470. The molecule has 1 N–H and O–H groups in total. The highest BCUT2D eigenvalue weighted by atomic mass is 32.1. The van der Waals surface area contributed by atoms with E-state index in [0.29, 0.717) is 13.0 Å². The Bertz CT molecular complexity index is 456. The second kappa shape index (κ2) is 4.68. The van der Waals surface area contributed by atoms with Crippen LogP contribution in [0.1, 0.15) is 32.1 Å². The minimum atomic E-state index is -0.841. The van der Waals surface area contributed by atoms with E-state index in [0.717, 1.165) is 4.88 Å². The smallest absolute Gasteiger partial charge is 0.248 e. The summed E-state index contributed by atoms with van der Waals surface area (Å²) in [6, 6.07) is -0.0959. The molecule has 5 nitrogen and oxygen atoms in total. The van der Waals surface area contributed by atoms with E-state index < -0.39 is 5.54 Å². The number of thiazole rings is 1. The van der Waals surface area contributed by atoms with Gasteiger partial charge in [-0.05, 0) is 20.8 Å². The van der Waals surface area contributed by atoms with Gasteiger partial charge in [0.15, 0.2) is 0 Å². The summed E-state index contributed by atoms with van der Waals surface area (Å²) in [6.45, 7) is 5.90. The van der Waals surface area contributed by atoms with Crippen molar-refractivity contribution in [2.45, 2.75) is 45.3 Å². The molecule has 0 spiro atoms. The second-order valence-electron chi connectivity index (χ2n) is 5.13. The molecule has 2 rings (SSSR count). The van der Waals surface area contributed by atoms with E-state index in [9.17, 15) is 9.59 Å². The molecule has 1 aliphatic rings. The Kier molecular flexibility index (Phi) is 3.38. The van der Waals surface area contributed by atoms with Gasteiger partial charge in [-0.15, -0.1) is 11.3 Å². The number of rotatable bonds is 2. The first kappa shape index (κ1) is 13.0. The van der Waals surface area contributed by atoms with Crippen LogP contribution in [0.4, 0.5) is 0 Å². The average Bonchev–Trinajstić information content (AvgIpc) is 2.73. The van der Waals surface area contributed by atoms with E-state index in [1.165, 1.54) is 11.3 Å². The van der Waals surface area contributed by atoms with Crippen molar-refractivity contribution in [2.24, 2.45) is 0 Å². The number of hydrogen-bond acceptors (Lipinski definition) is 4. The van der Waals surface area contributed by atoms with E-state index in [2.05, 4.69) is 10.3 Å². The Labute approximate surface area is 110 Å². The summed E-state index contributed by atoms with van der Waals surface area (Å²) in [7, 11) is 0. The molecule has 0 bridgehead atoms. The Morgan fingerprint density at radius 3 is 2.89 bits per heavy atom. The Hall–Kier alpha value is -1.43. The van der Waals surface area contributed by atoms with Gasteiger partial charge in [0, 0.05) is 23.5 Å². The molecule has 1 atom stereocenters. The summed E-state index contributed by atoms with van der Waals surface area (Å²) < 4.78 is 0.